The number of hydrogen-bond acceptors (Lipinski definition) is 5. The summed E-state index contributed by atoms with van der Waals surface area (Å²) < 4.78 is 6.45. The number of carbonyl (C=O) groups is 1. The maximum atomic E-state index is 11.6. The summed E-state index contributed by atoms with van der Waals surface area (Å²) in [5.74, 6) is 0.603. The Labute approximate surface area is 157 Å². The Morgan fingerprint density at radius 1 is 1.15 bits per heavy atom. The molecule has 3 rings (SSSR count). The Morgan fingerprint density at radius 3 is 2.23 bits per heavy atom. The molecule has 2 aliphatic rings. The van der Waals surface area contributed by atoms with Crippen LogP contribution in [0.2, 0.25) is 0 Å². The molecular weight excluding hydrogens is 328 g/mol. The van der Waals surface area contributed by atoms with Crippen LogP contribution in [0.4, 0.5) is 5.69 Å². The van der Waals surface area contributed by atoms with Crippen molar-refractivity contribution in [3.8, 4) is 5.75 Å². The highest BCUT2D eigenvalue weighted by molar-refractivity contribution is 5.66. The van der Waals surface area contributed by atoms with E-state index in [4.69, 9.17) is 9.57 Å². The van der Waals surface area contributed by atoms with Gasteiger partial charge >= 0.3 is 5.97 Å². The Kier molecular flexibility index (Phi) is 4.11. The number of hydroxylamine groups is 2. The number of anilines is 1. The van der Waals surface area contributed by atoms with Gasteiger partial charge < -0.3 is 14.9 Å². The third kappa shape index (κ3) is 3.29. The van der Waals surface area contributed by atoms with E-state index in [1.54, 1.807) is 0 Å². The molecule has 0 saturated carbocycles. The van der Waals surface area contributed by atoms with Crippen molar-refractivity contribution in [2.75, 3.05) is 5.32 Å². The SMILES string of the molecule is CC(=O)ON1C(C)(C)CC2(CC1(C)C)Nc1cc(C(C)(C)C)ccc1O2. The van der Waals surface area contributed by atoms with Crippen LogP contribution < -0.4 is 10.1 Å². The highest BCUT2D eigenvalue weighted by Crippen LogP contribution is 2.50. The number of piperidine rings is 1. The normalized spacial score (nSPS) is 23.1. The van der Waals surface area contributed by atoms with E-state index in [0.29, 0.717) is 12.8 Å². The Balaban J connectivity index is 1.92. The molecule has 2 heterocycles. The summed E-state index contributed by atoms with van der Waals surface area (Å²) in [6, 6.07) is 6.41. The standard InChI is InChI=1S/C21H32N2O3/c1-14(24)26-23-19(5,6)12-21(13-20(23,7)8)22-16-11-15(18(2,3)4)9-10-17(16)25-21/h9-11,22H,12-13H2,1-8H3. The molecule has 2 aliphatic heterocycles. The fraction of sp³-hybridized carbons (Fsp3) is 0.667. The number of ether oxygens (including phenoxy) is 1. The summed E-state index contributed by atoms with van der Waals surface area (Å²) >= 11 is 0. The van der Waals surface area contributed by atoms with Crippen molar-refractivity contribution in [3.05, 3.63) is 23.8 Å². The van der Waals surface area contributed by atoms with Gasteiger partial charge in [0, 0.05) is 19.8 Å². The van der Waals surface area contributed by atoms with Crippen molar-refractivity contribution in [1.29, 1.82) is 0 Å². The van der Waals surface area contributed by atoms with Gasteiger partial charge in [0.25, 0.3) is 0 Å². The van der Waals surface area contributed by atoms with Crippen LogP contribution in [0, 0.1) is 0 Å². The Bertz CT molecular complexity index is 713. The van der Waals surface area contributed by atoms with E-state index in [0.717, 1.165) is 11.4 Å². The van der Waals surface area contributed by atoms with E-state index in [2.05, 4.69) is 72.0 Å². The first-order valence-corrected chi connectivity index (χ1v) is 9.35. The molecule has 1 N–H and O–H groups in total. The second kappa shape index (κ2) is 5.62. The maximum absolute atomic E-state index is 11.6. The van der Waals surface area contributed by atoms with Crippen molar-refractivity contribution < 1.29 is 14.4 Å². The van der Waals surface area contributed by atoms with Gasteiger partial charge in [-0.2, -0.15) is 0 Å². The van der Waals surface area contributed by atoms with Gasteiger partial charge in [-0.15, -0.1) is 5.06 Å². The van der Waals surface area contributed by atoms with Gasteiger partial charge in [0.2, 0.25) is 0 Å². The molecule has 144 valence electrons. The summed E-state index contributed by atoms with van der Waals surface area (Å²) in [5.41, 5.74) is 1.18. The summed E-state index contributed by atoms with van der Waals surface area (Å²) in [4.78, 5) is 17.2. The molecule has 0 bridgehead atoms. The predicted octanol–water partition coefficient (Wildman–Crippen LogP) is 4.62. The van der Waals surface area contributed by atoms with Gasteiger partial charge in [0.15, 0.2) is 5.72 Å². The van der Waals surface area contributed by atoms with Crippen molar-refractivity contribution in [1.82, 2.24) is 5.06 Å². The predicted molar refractivity (Wildman–Crippen MR) is 103 cm³/mol. The van der Waals surface area contributed by atoms with E-state index in [9.17, 15) is 4.79 Å². The van der Waals surface area contributed by atoms with Crippen molar-refractivity contribution in [3.63, 3.8) is 0 Å². The van der Waals surface area contributed by atoms with E-state index < -0.39 is 5.72 Å². The molecule has 0 aliphatic carbocycles. The molecule has 26 heavy (non-hydrogen) atoms. The minimum Gasteiger partial charge on any atom is -0.466 e. The summed E-state index contributed by atoms with van der Waals surface area (Å²) in [6.07, 6.45) is 1.41. The Morgan fingerprint density at radius 2 is 1.73 bits per heavy atom. The van der Waals surface area contributed by atoms with Gasteiger partial charge in [0.1, 0.15) is 5.75 Å². The minimum absolute atomic E-state index is 0.0870. The largest absolute Gasteiger partial charge is 0.466 e. The second-order valence-corrected chi connectivity index (χ2v) is 10.0. The monoisotopic (exact) mass is 360 g/mol. The number of benzene rings is 1. The highest BCUT2D eigenvalue weighted by Gasteiger charge is 2.57. The molecular formula is C21H32N2O3. The number of hydrogen-bond donors (Lipinski definition) is 1. The van der Waals surface area contributed by atoms with Gasteiger partial charge in [-0.3, -0.25) is 4.79 Å². The molecule has 5 heteroatoms. The quantitative estimate of drug-likeness (QED) is 0.792. The van der Waals surface area contributed by atoms with Crippen LogP contribution in [0.3, 0.4) is 0 Å². The molecule has 0 amide bonds. The summed E-state index contributed by atoms with van der Waals surface area (Å²) in [7, 11) is 0. The zero-order valence-corrected chi connectivity index (χ0v) is 17.3. The molecule has 1 fully saturated rings. The lowest BCUT2D eigenvalue weighted by Gasteiger charge is -2.55. The zero-order chi connectivity index (χ0) is 19.5. The van der Waals surface area contributed by atoms with Crippen LogP contribution in [0.15, 0.2) is 18.2 Å². The van der Waals surface area contributed by atoms with E-state index in [1.165, 1.54) is 12.5 Å². The zero-order valence-electron chi connectivity index (χ0n) is 17.3. The third-order valence-corrected chi connectivity index (χ3v) is 5.27. The van der Waals surface area contributed by atoms with Crippen LogP contribution in [0.25, 0.3) is 0 Å². The average molecular weight is 360 g/mol. The number of nitrogens with one attached hydrogen (secondary N) is 1. The second-order valence-electron chi connectivity index (χ2n) is 10.0. The van der Waals surface area contributed by atoms with Crippen LogP contribution in [0.5, 0.6) is 5.75 Å². The van der Waals surface area contributed by atoms with Crippen LogP contribution in [-0.4, -0.2) is 27.8 Å². The topological polar surface area (TPSA) is 50.8 Å². The molecule has 0 unspecified atom stereocenters. The van der Waals surface area contributed by atoms with Gasteiger partial charge in [-0.25, -0.2) is 0 Å². The van der Waals surface area contributed by atoms with Crippen LogP contribution in [0.1, 0.15) is 73.8 Å². The molecule has 0 atom stereocenters. The maximum Gasteiger partial charge on any atom is 0.322 e. The summed E-state index contributed by atoms with van der Waals surface area (Å²) in [6.45, 7) is 16.4. The molecule has 1 saturated heterocycles. The van der Waals surface area contributed by atoms with E-state index in [-0.39, 0.29) is 22.5 Å². The Hall–Kier alpha value is -1.75. The molecule has 1 aromatic carbocycles. The van der Waals surface area contributed by atoms with Crippen molar-refractivity contribution >= 4 is 11.7 Å². The number of carbonyl (C=O) groups excluding carboxylic acids is 1. The molecule has 1 aromatic rings. The highest BCUT2D eigenvalue weighted by atomic mass is 16.7. The van der Waals surface area contributed by atoms with Gasteiger partial charge in [-0.1, -0.05) is 26.8 Å². The lowest BCUT2D eigenvalue weighted by atomic mass is 9.76. The van der Waals surface area contributed by atoms with Crippen molar-refractivity contribution in [2.24, 2.45) is 0 Å². The number of rotatable bonds is 1. The van der Waals surface area contributed by atoms with Gasteiger partial charge in [0.05, 0.1) is 16.8 Å². The average Bonchev–Trinajstić information content (AvgIpc) is 2.76. The minimum atomic E-state index is -0.498. The van der Waals surface area contributed by atoms with Crippen molar-refractivity contribution in [2.45, 2.75) is 90.4 Å². The molecule has 1 spiro atoms. The van der Waals surface area contributed by atoms with Crippen LogP contribution in [-0.2, 0) is 15.0 Å². The molecule has 5 nitrogen and oxygen atoms in total. The summed E-state index contributed by atoms with van der Waals surface area (Å²) in [5, 5.41) is 5.49. The lowest BCUT2D eigenvalue weighted by molar-refractivity contribution is -0.281. The molecule has 0 aromatic heterocycles. The van der Waals surface area contributed by atoms with E-state index >= 15 is 0 Å². The van der Waals surface area contributed by atoms with E-state index in [1.807, 2.05) is 5.06 Å². The first-order chi connectivity index (χ1) is 11.7. The fourth-order valence-electron chi connectivity index (χ4n) is 4.62. The number of nitrogens with zero attached hydrogens (tertiary/aromatic N) is 1. The van der Waals surface area contributed by atoms with Crippen LogP contribution >= 0.6 is 0 Å². The molecule has 0 radical (unpaired) electrons. The number of fused-ring (bicyclic) bond motifs is 1. The first-order valence-electron chi connectivity index (χ1n) is 9.35. The smallest absolute Gasteiger partial charge is 0.322 e. The van der Waals surface area contributed by atoms with Gasteiger partial charge in [-0.05, 0) is 50.8 Å². The third-order valence-electron chi connectivity index (χ3n) is 5.27. The lowest BCUT2D eigenvalue weighted by Crippen LogP contribution is -2.68. The first kappa shape index (κ1) is 19.0. The fourth-order valence-corrected chi connectivity index (χ4v) is 4.62.